The molecule has 2 nitrogen and oxygen atoms in total. The fourth-order valence-corrected chi connectivity index (χ4v) is 1.80. The Bertz CT molecular complexity index is 367. The molecule has 1 aliphatic rings. The number of hydrogen-bond donors (Lipinski definition) is 0. The van der Waals surface area contributed by atoms with E-state index in [1.807, 2.05) is 18.2 Å². The van der Waals surface area contributed by atoms with E-state index in [0.29, 0.717) is 12.3 Å². The number of carbonyl (C=O) groups is 1. The number of rotatable bonds is 5. The van der Waals surface area contributed by atoms with Gasteiger partial charge in [0.25, 0.3) is 0 Å². The summed E-state index contributed by atoms with van der Waals surface area (Å²) < 4.78 is 5.41. The standard InChI is InChI=1S/C14H18O2/c1-2-3-8-14(15)16-13-7-5-4-6-12(13)11-9-10-11/h4-7,11H,2-3,8-10H2,1H3. The van der Waals surface area contributed by atoms with Gasteiger partial charge in [-0.2, -0.15) is 0 Å². The minimum atomic E-state index is -0.102. The maximum absolute atomic E-state index is 11.5. The van der Waals surface area contributed by atoms with Gasteiger partial charge in [-0.15, -0.1) is 0 Å². The zero-order valence-corrected chi connectivity index (χ0v) is 9.74. The summed E-state index contributed by atoms with van der Waals surface area (Å²) in [5, 5.41) is 0. The molecule has 0 bridgehead atoms. The number of esters is 1. The van der Waals surface area contributed by atoms with E-state index >= 15 is 0 Å². The molecule has 0 N–H and O–H groups in total. The van der Waals surface area contributed by atoms with Gasteiger partial charge in [0.2, 0.25) is 0 Å². The lowest BCUT2D eigenvalue weighted by Crippen LogP contribution is -2.08. The SMILES string of the molecule is CCCCC(=O)Oc1ccccc1C1CC1. The van der Waals surface area contributed by atoms with Crippen molar-refractivity contribution < 1.29 is 9.53 Å². The maximum Gasteiger partial charge on any atom is 0.311 e. The van der Waals surface area contributed by atoms with E-state index in [1.165, 1.54) is 18.4 Å². The van der Waals surface area contributed by atoms with Crippen molar-refractivity contribution in [3.05, 3.63) is 29.8 Å². The predicted octanol–water partition coefficient (Wildman–Crippen LogP) is 3.66. The molecule has 0 saturated heterocycles. The molecule has 1 aliphatic carbocycles. The van der Waals surface area contributed by atoms with Crippen LogP contribution in [0.4, 0.5) is 0 Å². The Morgan fingerprint density at radius 1 is 1.38 bits per heavy atom. The lowest BCUT2D eigenvalue weighted by molar-refractivity contribution is -0.134. The molecular formula is C14H18O2. The van der Waals surface area contributed by atoms with Crippen LogP contribution in [0.2, 0.25) is 0 Å². The van der Waals surface area contributed by atoms with Gasteiger partial charge in [-0.25, -0.2) is 0 Å². The molecule has 0 amide bonds. The minimum Gasteiger partial charge on any atom is -0.426 e. The molecule has 0 aliphatic heterocycles. The molecular weight excluding hydrogens is 200 g/mol. The first-order valence-electron chi connectivity index (χ1n) is 6.11. The van der Waals surface area contributed by atoms with Gasteiger partial charge < -0.3 is 4.74 Å². The molecule has 2 rings (SSSR count). The van der Waals surface area contributed by atoms with Crippen LogP contribution in [-0.2, 0) is 4.79 Å². The van der Waals surface area contributed by atoms with Gasteiger partial charge in [0.05, 0.1) is 0 Å². The summed E-state index contributed by atoms with van der Waals surface area (Å²) in [4.78, 5) is 11.5. The highest BCUT2D eigenvalue weighted by molar-refractivity contribution is 5.72. The fourth-order valence-electron chi connectivity index (χ4n) is 1.80. The highest BCUT2D eigenvalue weighted by Gasteiger charge is 2.26. The predicted molar refractivity (Wildman–Crippen MR) is 63.6 cm³/mol. The topological polar surface area (TPSA) is 26.3 Å². The average molecular weight is 218 g/mol. The summed E-state index contributed by atoms with van der Waals surface area (Å²) >= 11 is 0. The summed E-state index contributed by atoms with van der Waals surface area (Å²) in [5.74, 6) is 1.29. The van der Waals surface area contributed by atoms with Crippen molar-refractivity contribution in [2.24, 2.45) is 0 Å². The first-order chi connectivity index (χ1) is 7.81. The second kappa shape index (κ2) is 5.15. The van der Waals surface area contributed by atoms with Gasteiger partial charge in [-0.1, -0.05) is 31.5 Å². The molecule has 0 radical (unpaired) electrons. The van der Waals surface area contributed by atoms with Gasteiger partial charge in [0.1, 0.15) is 5.75 Å². The molecule has 1 aromatic rings. The Kier molecular flexibility index (Phi) is 3.60. The van der Waals surface area contributed by atoms with Crippen LogP contribution in [0.25, 0.3) is 0 Å². The average Bonchev–Trinajstić information content (AvgIpc) is 3.11. The first-order valence-corrected chi connectivity index (χ1v) is 6.11. The summed E-state index contributed by atoms with van der Waals surface area (Å²) in [7, 11) is 0. The molecule has 1 aromatic carbocycles. The zero-order valence-electron chi connectivity index (χ0n) is 9.74. The lowest BCUT2D eigenvalue weighted by Gasteiger charge is -2.08. The van der Waals surface area contributed by atoms with Crippen molar-refractivity contribution in [2.75, 3.05) is 0 Å². The van der Waals surface area contributed by atoms with Crippen molar-refractivity contribution in [2.45, 2.75) is 44.9 Å². The van der Waals surface area contributed by atoms with E-state index in [4.69, 9.17) is 4.74 Å². The molecule has 1 fully saturated rings. The third-order valence-corrected chi connectivity index (χ3v) is 2.89. The molecule has 0 heterocycles. The normalized spacial score (nSPS) is 14.8. The molecule has 0 atom stereocenters. The molecule has 2 heteroatoms. The third-order valence-electron chi connectivity index (χ3n) is 2.89. The highest BCUT2D eigenvalue weighted by Crippen LogP contribution is 2.44. The Morgan fingerprint density at radius 3 is 2.81 bits per heavy atom. The van der Waals surface area contributed by atoms with E-state index in [2.05, 4.69) is 13.0 Å². The Balaban J connectivity index is 2.00. The number of unbranched alkanes of at least 4 members (excludes halogenated alkanes) is 1. The monoisotopic (exact) mass is 218 g/mol. The number of benzene rings is 1. The summed E-state index contributed by atoms with van der Waals surface area (Å²) in [6, 6.07) is 7.91. The smallest absolute Gasteiger partial charge is 0.311 e. The first kappa shape index (κ1) is 11.2. The number of hydrogen-bond acceptors (Lipinski definition) is 2. The number of carbonyl (C=O) groups excluding carboxylic acids is 1. The minimum absolute atomic E-state index is 0.102. The molecule has 1 saturated carbocycles. The Hall–Kier alpha value is -1.31. The maximum atomic E-state index is 11.5. The van der Waals surface area contributed by atoms with Gasteiger partial charge in [-0.3, -0.25) is 4.79 Å². The number of ether oxygens (including phenoxy) is 1. The summed E-state index contributed by atoms with van der Waals surface area (Å²) in [6.45, 7) is 2.07. The van der Waals surface area contributed by atoms with Crippen molar-refractivity contribution in [3.8, 4) is 5.75 Å². The molecule has 86 valence electrons. The van der Waals surface area contributed by atoms with Crippen LogP contribution in [-0.4, -0.2) is 5.97 Å². The largest absolute Gasteiger partial charge is 0.426 e. The number of para-hydroxylation sites is 1. The highest BCUT2D eigenvalue weighted by atomic mass is 16.5. The van der Waals surface area contributed by atoms with E-state index in [9.17, 15) is 4.79 Å². The molecule has 16 heavy (non-hydrogen) atoms. The van der Waals surface area contributed by atoms with Crippen LogP contribution in [0.1, 0.15) is 50.5 Å². The lowest BCUT2D eigenvalue weighted by atomic mass is 10.1. The third kappa shape index (κ3) is 2.84. The van der Waals surface area contributed by atoms with Crippen LogP contribution >= 0.6 is 0 Å². The van der Waals surface area contributed by atoms with Crippen LogP contribution < -0.4 is 4.74 Å². The Labute approximate surface area is 96.6 Å². The van der Waals surface area contributed by atoms with Crippen LogP contribution in [0.5, 0.6) is 5.75 Å². The van der Waals surface area contributed by atoms with Crippen molar-refractivity contribution in [1.82, 2.24) is 0 Å². The van der Waals surface area contributed by atoms with E-state index in [1.54, 1.807) is 0 Å². The van der Waals surface area contributed by atoms with Crippen molar-refractivity contribution >= 4 is 5.97 Å². The second-order valence-corrected chi connectivity index (χ2v) is 4.39. The van der Waals surface area contributed by atoms with Crippen molar-refractivity contribution in [3.63, 3.8) is 0 Å². The zero-order chi connectivity index (χ0) is 11.4. The fraction of sp³-hybridized carbons (Fsp3) is 0.500. The molecule has 0 aromatic heterocycles. The molecule has 0 unspecified atom stereocenters. The van der Waals surface area contributed by atoms with E-state index in [0.717, 1.165) is 18.6 Å². The van der Waals surface area contributed by atoms with Crippen LogP contribution in [0.15, 0.2) is 24.3 Å². The van der Waals surface area contributed by atoms with E-state index < -0.39 is 0 Å². The van der Waals surface area contributed by atoms with Gasteiger partial charge in [0, 0.05) is 6.42 Å². The second-order valence-electron chi connectivity index (χ2n) is 4.39. The van der Waals surface area contributed by atoms with E-state index in [-0.39, 0.29) is 5.97 Å². The van der Waals surface area contributed by atoms with Crippen LogP contribution in [0.3, 0.4) is 0 Å². The van der Waals surface area contributed by atoms with Crippen molar-refractivity contribution in [1.29, 1.82) is 0 Å². The summed E-state index contributed by atoms with van der Waals surface area (Å²) in [6.07, 6.45) is 4.91. The molecule has 0 spiro atoms. The summed E-state index contributed by atoms with van der Waals surface area (Å²) in [5.41, 5.74) is 1.20. The Morgan fingerprint density at radius 2 is 2.12 bits per heavy atom. The van der Waals surface area contributed by atoms with Crippen LogP contribution in [0, 0.1) is 0 Å². The van der Waals surface area contributed by atoms with Gasteiger partial charge in [-0.05, 0) is 36.8 Å². The quantitative estimate of drug-likeness (QED) is 0.557. The van der Waals surface area contributed by atoms with Gasteiger partial charge >= 0.3 is 5.97 Å². The van der Waals surface area contributed by atoms with Gasteiger partial charge in [0.15, 0.2) is 0 Å².